The topological polar surface area (TPSA) is 139 Å². The zero-order valence-corrected chi connectivity index (χ0v) is 22.5. The van der Waals surface area contributed by atoms with Crippen LogP contribution in [-0.4, -0.2) is 40.8 Å². The van der Waals surface area contributed by atoms with Gasteiger partial charge in [-0.15, -0.1) is 0 Å². The lowest BCUT2D eigenvalue weighted by Gasteiger charge is -2.12. The first-order chi connectivity index (χ1) is 18.5. The minimum atomic E-state index is -0.420. The van der Waals surface area contributed by atoms with Gasteiger partial charge in [-0.05, 0) is 35.4 Å². The maximum atomic E-state index is 12.3. The molecule has 0 aliphatic heterocycles. The molecule has 4 aromatic rings. The Balaban J connectivity index is 1.40. The summed E-state index contributed by atoms with van der Waals surface area (Å²) in [5.41, 5.74) is 9.63. The van der Waals surface area contributed by atoms with Crippen molar-refractivity contribution in [3.05, 3.63) is 72.1 Å². The Labute approximate surface area is 228 Å². The summed E-state index contributed by atoms with van der Waals surface area (Å²) in [7, 11) is 3.22. The highest BCUT2D eigenvalue weighted by Crippen LogP contribution is 2.42. The second-order valence-corrected chi connectivity index (χ2v) is 10.5. The quantitative estimate of drug-likeness (QED) is 0.209. The third kappa shape index (κ3) is 6.80. The number of nitrogens with zero attached hydrogens (tertiary/aromatic N) is 2. The molecule has 2 heterocycles. The predicted molar refractivity (Wildman–Crippen MR) is 151 cm³/mol. The van der Waals surface area contributed by atoms with E-state index >= 15 is 0 Å². The molecule has 4 rings (SSSR count). The van der Waals surface area contributed by atoms with Gasteiger partial charge in [0, 0.05) is 52.5 Å². The molecule has 0 aliphatic rings. The molecular weight excluding hydrogens is 520 g/mol. The van der Waals surface area contributed by atoms with Gasteiger partial charge in [0.1, 0.15) is 0 Å². The molecule has 0 spiro atoms. The molecule has 0 saturated heterocycles. The molecule has 0 bridgehead atoms. The summed E-state index contributed by atoms with van der Waals surface area (Å²) in [6, 6.07) is 15.9. The Morgan fingerprint density at radius 2 is 1.37 bits per heavy atom. The van der Waals surface area contributed by atoms with E-state index in [0.29, 0.717) is 13.0 Å². The number of para-hydroxylation sites is 1. The van der Waals surface area contributed by atoms with Gasteiger partial charge in [0.2, 0.25) is 17.7 Å². The van der Waals surface area contributed by atoms with Crippen LogP contribution in [0.4, 0.5) is 0 Å². The summed E-state index contributed by atoms with van der Waals surface area (Å²) in [4.78, 5) is 46.5. The average molecular weight is 549 g/mol. The SMILES string of the molecule is CCC(=O)NCC(=O)NCC(=O)NCc1ccnc2c(SSc3ccc(CN)c4cccnc34)cccc12. The number of hydrogen-bond donors (Lipinski definition) is 4. The zero-order valence-electron chi connectivity index (χ0n) is 20.8. The number of fused-ring (bicyclic) bond motifs is 2. The van der Waals surface area contributed by atoms with Crippen LogP contribution >= 0.6 is 21.6 Å². The zero-order chi connectivity index (χ0) is 26.9. The lowest BCUT2D eigenvalue weighted by atomic mass is 10.1. The highest BCUT2D eigenvalue weighted by atomic mass is 33.1. The molecule has 196 valence electrons. The van der Waals surface area contributed by atoms with Gasteiger partial charge in [0.25, 0.3) is 0 Å². The molecule has 3 amide bonds. The summed E-state index contributed by atoms with van der Waals surface area (Å²) in [5.74, 6) is -0.970. The summed E-state index contributed by atoms with van der Waals surface area (Å²) in [5, 5.41) is 9.79. The van der Waals surface area contributed by atoms with Crippen molar-refractivity contribution >= 4 is 61.1 Å². The number of benzene rings is 2. The number of aromatic nitrogens is 2. The van der Waals surface area contributed by atoms with Crippen molar-refractivity contribution in [1.82, 2.24) is 25.9 Å². The highest BCUT2D eigenvalue weighted by molar-refractivity contribution is 8.76. The van der Waals surface area contributed by atoms with Crippen molar-refractivity contribution in [3.63, 3.8) is 0 Å². The predicted octanol–water partition coefficient (Wildman–Crippen LogP) is 3.30. The Morgan fingerprint density at radius 1 is 0.737 bits per heavy atom. The fraction of sp³-hybridized carbons (Fsp3) is 0.222. The van der Waals surface area contributed by atoms with Crippen molar-refractivity contribution in [2.24, 2.45) is 5.73 Å². The molecule has 0 unspecified atom stereocenters. The molecule has 0 fully saturated rings. The van der Waals surface area contributed by atoms with Crippen molar-refractivity contribution in [2.45, 2.75) is 36.2 Å². The van der Waals surface area contributed by atoms with Gasteiger partial charge in [0.15, 0.2) is 0 Å². The van der Waals surface area contributed by atoms with Gasteiger partial charge < -0.3 is 21.7 Å². The van der Waals surface area contributed by atoms with E-state index in [1.165, 1.54) is 0 Å². The van der Waals surface area contributed by atoms with Gasteiger partial charge in [-0.2, -0.15) is 0 Å². The first-order valence-electron chi connectivity index (χ1n) is 12.1. The van der Waals surface area contributed by atoms with Gasteiger partial charge in [-0.25, -0.2) is 0 Å². The molecule has 0 saturated carbocycles. The van der Waals surface area contributed by atoms with Crippen LogP contribution in [0.5, 0.6) is 0 Å². The van der Waals surface area contributed by atoms with E-state index in [2.05, 4.69) is 25.9 Å². The molecule has 2 aromatic heterocycles. The number of carbonyl (C=O) groups is 3. The van der Waals surface area contributed by atoms with Crippen LogP contribution in [0.1, 0.15) is 24.5 Å². The van der Waals surface area contributed by atoms with Crippen LogP contribution in [0.2, 0.25) is 0 Å². The minimum Gasteiger partial charge on any atom is -0.350 e. The fourth-order valence-electron chi connectivity index (χ4n) is 3.77. The molecule has 38 heavy (non-hydrogen) atoms. The van der Waals surface area contributed by atoms with E-state index < -0.39 is 5.91 Å². The fourth-order valence-corrected chi connectivity index (χ4v) is 6.04. The highest BCUT2D eigenvalue weighted by Gasteiger charge is 2.12. The first-order valence-corrected chi connectivity index (χ1v) is 14.2. The monoisotopic (exact) mass is 548 g/mol. The third-order valence-corrected chi connectivity index (χ3v) is 8.21. The smallest absolute Gasteiger partial charge is 0.239 e. The van der Waals surface area contributed by atoms with E-state index in [0.717, 1.165) is 42.7 Å². The van der Waals surface area contributed by atoms with E-state index in [1.807, 2.05) is 48.5 Å². The second-order valence-electron chi connectivity index (χ2n) is 8.30. The maximum absolute atomic E-state index is 12.3. The van der Waals surface area contributed by atoms with Crippen LogP contribution in [0, 0.1) is 0 Å². The molecule has 9 nitrogen and oxygen atoms in total. The third-order valence-electron chi connectivity index (χ3n) is 5.78. The van der Waals surface area contributed by atoms with Crippen molar-refractivity contribution in [1.29, 1.82) is 0 Å². The number of carbonyl (C=O) groups excluding carboxylic acids is 3. The molecule has 11 heteroatoms. The molecule has 0 atom stereocenters. The largest absolute Gasteiger partial charge is 0.350 e. The lowest BCUT2D eigenvalue weighted by Crippen LogP contribution is -2.41. The minimum absolute atomic E-state index is 0.156. The summed E-state index contributed by atoms with van der Waals surface area (Å²) in [6.07, 6.45) is 3.80. The Hall–Kier alpha value is -3.67. The summed E-state index contributed by atoms with van der Waals surface area (Å²) < 4.78 is 0. The number of rotatable bonds is 11. The van der Waals surface area contributed by atoms with Crippen molar-refractivity contribution in [2.75, 3.05) is 13.1 Å². The van der Waals surface area contributed by atoms with Crippen LogP contribution in [0.3, 0.4) is 0 Å². The lowest BCUT2D eigenvalue weighted by molar-refractivity contribution is -0.127. The molecule has 2 aromatic carbocycles. The van der Waals surface area contributed by atoms with E-state index in [4.69, 9.17) is 5.73 Å². The Bertz CT molecular complexity index is 1480. The van der Waals surface area contributed by atoms with Crippen LogP contribution in [0.15, 0.2) is 70.7 Å². The van der Waals surface area contributed by atoms with Crippen molar-refractivity contribution < 1.29 is 14.4 Å². The average Bonchev–Trinajstić information content (AvgIpc) is 2.96. The van der Waals surface area contributed by atoms with E-state index in [9.17, 15) is 14.4 Å². The van der Waals surface area contributed by atoms with Crippen LogP contribution in [-0.2, 0) is 27.5 Å². The molecule has 0 aliphatic carbocycles. The van der Waals surface area contributed by atoms with Crippen molar-refractivity contribution in [3.8, 4) is 0 Å². The van der Waals surface area contributed by atoms with Gasteiger partial charge in [-0.3, -0.25) is 24.4 Å². The number of pyridine rings is 2. The molecular formula is C27H28N6O3S2. The van der Waals surface area contributed by atoms with Crippen LogP contribution < -0.4 is 21.7 Å². The normalized spacial score (nSPS) is 10.9. The summed E-state index contributed by atoms with van der Waals surface area (Å²) >= 11 is 0. The standard InChI is InChI=1S/C27H28N6O3S2/c1-2-23(34)32-15-25(36)33-16-24(35)31-14-18-10-12-30-27-20(18)5-3-7-21(27)37-38-22-9-8-17(13-28)19-6-4-11-29-26(19)22/h3-12H,2,13-16,28H2,1H3,(H,31,35)(H,32,34)(H,33,36). The van der Waals surface area contributed by atoms with E-state index in [-0.39, 0.29) is 31.4 Å². The second kappa shape index (κ2) is 13.2. The molecule has 0 radical (unpaired) electrons. The first kappa shape index (κ1) is 27.4. The van der Waals surface area contributed by atoms with E-state index in [1.54, 1.807) is 40.9 Å². The number of hydrogen-bond acceptors (Lipinski definition) is 8. The van der Waals surface area contributed by atoms with Gasteiger partial charge in [0.05, 0.1) is 24.1 Å². The molecule has 5 N–H and O–H groups in total. The number of nitrogens with one attached hydrogen (secondary N) is 3. The maximum Gasteiger partial charge on any atom is 0.239 e. The number of amides is 3. The Morgan fingerprint density at radius 3 is 2.11 bits per heavy atom. The van der Waals surface area contributed by atoms with Gasteiger partial charge in [-0.1, -0.05) is 52.8 Å². The number of nitrogens with two attached hydrogens (primary N) is 1. The Kier molecular flexibility index (Phi) is 9.52. The summed E-state index contributed by atoms with van der Waals surface area (Å²) in [6.45, 7) is 2.11. The van der Waals surface area contributed by atoms with Crippen LogP contribution in [0.25, 0.3) is 21.8 Å². The van der Waals surface area contributed by atoms with Gasteiger partial charge >= 0.3 is 0 Å².